The molecule has 0 saturated heterocycles. The second-order valence-electron chi connectivity index (χ2n) is 9.26. The van der Waals surface area contributed by atoms with Crippen molar-refractivity contribution in [2.75, 3.05) is 0 Å². The maximum absolute atomic E-state index is 12.8. The average Bonchev–Trinajstić information content (AvgIpc) is 2.78. The van der Waals surface area contributed by atoms with Crippen molar-refractivity contribution in [3.63, 3.8) is 0 Å². The van der Waals surface area contributed by atoms with E-state index in [4.69, 9.17) is 16.3 Å². The van der Waals surface area contributed by atoms with Crippen molar-refractivity contribution in [3.05, 3.63) is 106 Å². The minimum Gasteiger partial charge on any atom is -0.465 e. The molecule has 0 aliphatic rings. The maximum atomic E-state index is 12.8. The second kappa shape index (κ2) is 10.7. The Balaban J connectivity index is 1.76. The SMILES string of the molecule is C=C(NC(C)C(Cc1ccc(Cl)cc1)c1cccc(C)c1)C(C)(C)Oc1ccc(C(F)(F)F)cn1. The van der Waals surface area contributed by atoms with Crippen LogP contribution in [-0.2, 0) is 12.6 Å². The Morgan fingerprint density at radius 2 is 1.77 bits per heavy atom. The Hall–Kier alpha value is -2.99. The van der Waals surface area contributed by atoms with E-state index in [0.717, 1.165) is 24.2 Å². The molecule has 0 aliphatic carbocycles. The van der Waals surface area contributed by atoms with E-state index in [0.29, 0.717) is 10.7 Å². The highest BCUT2D eigenvalue weighted by Gasteiger charge is 2.32. The van der Waals surface area contributed by atoms with Gasteiger partial charge in [0.1, 0.15) is 5.60 Å². The number of pyridine rings is 1. The highest BCUT2D eigenvalue weighted by atomic mass is 35.5. The molecule has 1 N–H and O–H groups in total. The van der Waals surface area contributed by atoms with Crippen molar-refractivity contribution in [2.45, 2.75) is 57.9 Å². The third kappa shape index (κ3) is 7.25. The molecule has 0 aliphatic heterocycles. The van der Waals surface area contributed by atoms with E-state index >= 15 is 0 Å². The highest BCUT2D eigenvalue weighted by Crippen LogP contribution is 2.31. The summed E-state index contributed by atoms with van der Waals surface area (Å²) in [5.74, 6) is 0.211. The standard InChI is InChI=1S/C28H30ClF3N2O/c1-18-7-6-8-22(15-18)25(16-21-9-12-24(29)13-10-21)19(2)34-20(3)27(4,5)35-26-14-11-23(17-33-26)28(30,31)32/h6-15,17,19,25,34H,3,16H2,1-2,4-5H3. The monoisotopic (exact) mass is 502 g/mol. The predicted molar refractivity (Wildman–Crippen MR) is 135 cm³/mol. The van der Waals surface area contributed by atoms with E-state index < -0.39 is 17.3 Å². The molecule has 0 radical (unpaired) electrons. The van der Waals surface area contributed by atoms with Crippen LogP contribution in [0.25, 0.3) is 0 Å². The fourth-order valence-electron chi connectivity index (χ4n) is 3.84. The summed E-state index contributed by atoms with van der Waals surface area (Å²) in [6, 6.07) is 18.4. The van der Waals surface area contributed by atoms with Gasteiger partial charge in [0.2, 0.25) is 5.88 Å². The van der Waals surface area contributed by atoms with Crippen LogP contribution in [0.2, 0.25) is 5.02 Å². The van der Waals surface area contributed by atoms with Gasteiger partial charge in [-0.15, -0.1) is 0 Å². The topological polar surface area (TPSA) is 34.1 Å². The number of nitrogens with zero attached hydrogens (tertiary/aromatic N) is 1. The Kier molecular flexibility index (Phi) is 8.16. The number of nitrogens with one attached hydrogen (secondary N) is 1. The molecule has 3 aromatic rings. The summed E-state index contributed by atoms with van der Waals surface area (Å²) in [7, 11) is 0. The number of hydrogen-bond donors (Lipinski definition) is 1. The number of benzene rings is 2. The Bertz CT molecular complexity index is 1140. The van der Waals surface area contributed by atoms with Gasteiger partial charge in [-0.1, -0.05) is 60.1 Å². The number of aromatic nitrogens is 1. The van der Waals surface area contributed by atoms with Gasteiger partial charge >= 0.3 is 6.18 Å². The van der Waals surface area contributed by atoms with Crippen LogP contribution in [0.5, 0.6) is 5.88 Å². The number of aryl methyl sites for hydroxylation is 1. The van der Waals surface area contributed by atoms with Crippen LogP contribution in [0.1, 0.15) is 48.9 Å². The molecule has 0 bridgehead atoms. The largest absolute Gasteiger partial charge is 0.465 e. The molecule has 2 aromatic carbocycles. The lowest BCUT2D eigenvalue weighted by Gasteiger charge is -2.34. The van der Waals surface area contributed by atoms with Crippen LogP contribution in [0, 0.1) is 6.92 Å². The van der Waals surface area contributed by atoms with E-state index in [1.165, 1.54) is 17.2 Å². The molecule has 3 rings (SSSR count). The van der Waals surface area contributed by atoms with E-state index in [1.807, 2.05) is 30.3 Å². The zero-order valence-corrected chi connectivity index (χ0v) is 21.0. The van der Waals surface area contributed by atoms with Gasteiger partial charge in [-0.2, -0.15) is 13.2 Å². The normalized spacial score (nSPS) is 13.7. The Labute approximate surface area is 210 Å². The molecule has 0 spiro atoms. The summed E-state index contributed by atoms with van der Waals surface area (Å²) in [4.78, 5) is 3.83. The molecule has 2 atom stereocenters. The Morgan fingerprint density at radius 1 is 1.09 bits per heavy atom. The van der Waals surface area contributed by atoms with E-state index in [2.05, 4.69) is 48.9 Å². The smallest absolute Gasteiger partial charge is 0.417 e. The van der Waals surface area contributed by atoms with Crippen LogP contribution in [0.4, 0.5) is 13.2 Å². The van der Waals surface area contributed by atoms with Crippen LogP contribution in [0.3, 0.4) is 0 Å². The first-order valence-electron chi connectivity index (χ1n) is 11.3. The lowest BCUT2D eigenvalue weighted by molar-refractivity contribution is -0.137. The molecular weight excluding hydrogens is 473 g/mol. The number of alkyl halides is 3. The van der Waals surface area contributed by atoms with Crippen molar-refractivity contribution in [1.82, 2.24) is 10.3 Å². The maximum Gasteiger partial charge on any atom is 0.417 e. The lowest BCUT2D eigenvalue weighted by atomic mass is 9.85. The van der Waals surface area contributed by atoms with Gasteiger partial charge in [0.05, 0.1) is 5.56 Å². The molecule has 7 heteroatoms. The average molecular weight is 503 g/mol. The third-order valence-corrected chi connectivity index (χ3v) is 6.25. The molecule has 3 nitrogen and oxygen atoms in total. The van der Waals surface area contributed by atoms with E-state index in [9.17, 15) is 13.2 Å². The summed E-state index contributed by atoms with van der Waals surface area (Å²) >= 11 is 6.07. The minimum atomic E-state index is -4.45. The fourth-order valence-corrected chi connectivity index (χ4v) is 3.97. The third-order valence-electron chi connectivity index (χ3n) is 5.99. The zero-order chi connectivity index (χ0) is 25.8. The predicted octanol–water partition coefficient (Wildman–Crippen LogP) is 7.74. The number of ether oxygens (including phenoxy) is 1. The summed E-state index contributed by atoms with van der Waals surface area (Å²) in [5, 5.41) is 4.16. The van der Waals surface area contributed by atoms with Crippen molar-refractivity contribution >= 4 is 11.6 Å². The van der Waals surface area contributed by atoms with Crippen LogP contribution in [-0.4, -0.2) is 16.6 Å². The fraction of sp³-hybridized carbons (Fsp3) is 0.321. The molecule has 0 fully saturated rings. The summed E-state index contributed by atoms with van der Waals surface area (Å²) < 4.78 is 44.4. The van der Waals surface area contributed by atoms with Crippen molar-refractivity contribution in [1.29, 1.82) is 0 Å². The first-order valence-corrected chi connectivity index (χ1v) is 11.7. The van der Waals surface area contributed by atoms with Gasteiger partial charge in [0.15, 0.2) is 0 Å². The minimum absolute atomic E-state index is 0.0246. The van der Waals surface area contributed by atoms with Crippen molar-refractivity contribution in [3.8, 4) is 5.88 Å². The van der Waals surface area contributed by atoms with Crippen LogP contribution >= 0.6 is 11.6 Å². The Morgan fingerprint density at radius 3 is 2.34 bits per heavy atom. The van der Waals surface area contributed by atoms with Crippen molar-refractivity contribution in [2.24, 2.45) is 0 Å². The second-order valence-corrected chi connectivity index (χ2v) is 9.69. The van der Waals surface area contributed by atoms with E-state index in [1.54, 1.807) is 13.8 Å². The van der Waals surface area contributed by atoms with Crippen molar-refractivity contribution < 1.29 is 17.9 Å². The molecular formula is C28H30ClF3N2O. The molecule has 2 unspecified atom stereocenters. The van der Waals surface area contributed by atoms with Crippen LogP contribution < -0.4 is 10.1 Å². The van der Waals surface area contributed by atoms with Gasteiger partial charge < -0.3 is 10.1 Å². The first kappa shape index (κ1) is 26.6. The molecule has 0 saturated carbocycles. The lowest BCUT2D eigenvalue weighted by Crippen LogP contribution is -2.43. The number of rotatable bonds is 9. The van der Waals surface area contributed by atoms with Gasteiger partial charge in [0, 0.05) is 34.9 Å². The summed E-state index contributed by atoms with van der Waals surface area (Å²) in [5.41, 5.74) is 2.38. The van der Waals surface area contributed by atoms with Crippen LogP contribution in [0.15, 0.2) is 79.1 Å². The highest BCUT2D eigenvalue weighted by molar-refractivity contribution is 6.30. The molecule has 186 valence electrons. The van der Waals surface area contributed by atoms with Gasteiger partial charge in [-0.3, -0.25) is 0 Å². The number of hydrogen-bond acceptors (Lipinski definition) is 3. The van der Waals surface area contributed by atoms with Gasteiger partial charge in [-0.05, 0) is 63.4 Å². The zero-order valence-electron chi connectivity index (χ0n) is 20.3. The molecule has 1 aromatic heterocycles. The summed E-state index contributed by atoms with van der Waals surface area (Å²) in [6.45, 7) is 11.9. The molecule has 0 amide bonds. The molecule has 1 heterocycles. The quantitative estimate of drug-likeness (QED) is 0.325. The van der Waals surface area contributed by atoms with Gasteiger partial charge in [-0.25, -0.2) is 4.98 Å². The first-order chi connectivity index (χ1) is 16.3. The summed E-state index contributed by atoms with van der Waals surface area (Å²) in [6.07, 6.45) is -2.90. The van der Waals surface area contributed by atoms with E-state index in [-0.39, 0.29) is 17.8 Å². The van der Waals surface area contributed by atoms with Gasteiger partial charge in [0.25, 0.3) is 0 Å². The molecule has 35 heavy (non-hydrogen) atoms. The number of halogens is 4.